The molecule has 108 valence electrons. The number of carbonyl (C=O) groups is 2. The van der Waals surface area contributed by atoms with E-state index in [0.29, 0.717) is 16.8 Å². The molecule has 1 N–H and O–H groups in total. The van der Waals surface area contributed by atoms with Crippen LogP contribution in [0.4, 0.5) is 4.39 Å². The molecule has 1 heterocycles. The van der Waals surface area contributed by atoms with Crippen LogP contribution in [0.15, 0.2) is 42.1 Å². The van der Waals surface area contributed by atoms with Gasteiger partial charge in [-0.3, -0.25) is 4.79 Å². The zero-order valence-electron chi connectivity index (χ0n) is 11.6. The zero-order valence-corrected chi connectivity index (χ0v) is 11.6. The van der Waals surface area contributed by atoms with E-state index in [2.05, 4.69) is 0 Å². The Kier molecular flexibility index (Phi) is 4.03. The van der Waals surface area contributed by atoms with Gasteiger partial charge in [0.15, 0.2) is 5.78 Å². The van der Waals surface area contributed by atoms with Crippen molar-refractivity contribution in [3.8, 4) is 0 Å². The number of benzene rings is 1. The van der Waals surface area contributed by atoms with Gasteiger partial charge in [0, 0.05) is 35.6 Å². The minimum Gasteiger partial charge on any atom is -0.478 e. The second-order valence-electron chi connectivity index (χ2n) is 4.73. The van der Waals surface area contributed by atoms with Crippen molar-refractivity contribution in [2.75, 3.05) is 0 Å². The number of nitrogens with zero attached hydrogens (tertiary/aromatic N) is 1. The number of rotatable bonds is 4. The van der Waals surface area contributed by atoms with E-state index in [1.54, 1.807) is 23.9 Å². The molecule has 0 aliphatic carbocycles. The van der Waals surface area contributed by atoms with E-state index >= 15 is 0 Å². The topological polar surface area (TPSA) is 59.3 Å². The van der Waals surface area contributed by atoms with Gasteiger partial charge in [-0.05, 0) is 43.3 Å². The van der Waals surface area contributed by atoms with Crippen LogP contribution in [-0.4, -0.2) is 21.4 Å². The summed E-state index contributed by atoms with van der Waals surface area (Å²) in [5.74, 6) is -1.65. The minimum absolute atomic E-state index is 0.178. The fourth-order valence-corrected chi connectivity index (χ4v) is 1.90. The van der Waals surface area contributed by atoms with Crippen LogP contribution >= 0.6 is 0 Å². The molecular weight excluding hydrogens is 273 g/mol. The molecular formula is C16H14FNO3. The number of carboxylic acid groups (broad SMARTS) is 1. The number of hydrogen-bond acceptors (Lipinski definition) is 2. The van der Waals surface area contributed by atoms with E-state index in [1.807, 2.05) is 0 Å². The van der Waals surface area contributed by atoms with Gasteiger partial charge in [0.2, 0.25) is 0 Å². The quantitative estimate of drug-likeness (QED) is 0.695. The Morgan fingerprint density at radius 2 is 1.81 bits per heavy atom. The average molecular weight is 287 g/mol. The molecule has 0 radical (unpaired) electrons. The molecule has 0 atom stereocenters. The molecule has 4 nitrogen and oxygen atoms in total. The van der Waals surface area contributed by atoms with Gasteiger partial charge in [0.1, 0.15) is 5.82 Å². The SMILES string of the molecule is C/C(=C\c1cc(C(=O)c2ccc(F)cc2)cn1C)C(=O)O. The summed E-state index contributed by atoms with van der Waals surface area (Å²) in [5, 5.41) is 8.87. The summed E-state index contributed by atoms with van der Waals surface area (Å²) in [6.07, 6.45) is 3.11. The third-order valence-electron chi connectivity index (χ3n) is 3.11. The highest BCUT2D eigenvalue weighted by atomic mass is 19.1. The molecule has 0 saturated heterocycles. The van der Waals surface area contributed by atoms with Crippen molar-refractivity contribution in [2.45, 2.75) is 6.92 Å². The molecule has 1 aromatic carbocycles. The summed E-state index contributed by atoms with van der Waals surface area (Å²) in [4.78, 5) is 23.1. The Hall–Kier alpha value is -2.69. The van der Waals surface area contributed by atoms with Gasteiger partial charge in [-0.2, -0.15) is 0 Å². The number of aliphatic carboxylic acids is 1. The Balaban J connectivity index is 2.34. The monoisotopic (exact) mass is 287 g/mol. The molecule has 5 heteroatoms. The lowest BCUT2D eigenvalue weighted by Gasteiger charge is -1.97. The predicted octanol–water partition coefficient (Wildman–Crippen LogP) is 2.88. The van der Waals surface area contributed by atoms with Crippen LogP contribution < -0.4 is 0 Å². The highest BCUT2D eigenvalue weighted by Crippen LogP contribution is 2.16. The molecule has 0 fully saturated rings. The number of ketones is 1. The van der Waals surface area contributed by atoms with Crippen molar-refractivity contribution in [1.29, 1.82) is 0 Å². The first-order valence-corrected chi connectivity index (χ1v) is 6.26. The lowest BCUT2D eigenvalue weighted by Crippen LogP contribution is -1.99. The van der Waals surface area contributed by atoms with E-state index in [9.17, 15) is 14.0 Å². The van der Waals surface area contributed by atoms with Gasteiger partial charge in [0.05, 0.1) is 0 Å². The van der Waals surface area contributed by atoms with Gasteiger partial charge in [-0.25, -0.2) is 9.18 Å². The lowest BCUT2D eigenvalue weighted by atomic mass is 10.1. The largest absolute Gasteiger partial charge is 0.478 e. The number of hydrogen-bond donors (Lipinski definition) is 1. The standard InChI is InChI=1S/C16H14FNO3/c1-10(16(20)21)7-14-8-12(9-18(14)2)15(19)11-3-5-13(17)6-4-11/h3-9H,1-2H3,(H,20,21)/b10-7+. The normalized spacial score (nSPS) is 11.5. The van der Waals surface area contributed by atoms with Crippen molar-refractivity contribution < 1.29 is 19.1 Å². The molecule has 0 unspecified atom stereocenters. The Labute approximate surface area is 121 Å². The Bertz CT molecular complexity index is 726. The van der Waals surface area contributed by atoms with Gasteiger partial charge >= 0.3 is 5.97 Å². The smallest absolute Gasteiger partial charge is 0.331 e. The second kappa shape index (κ2) is 5.75. The maximum atomic E-state index is 12.9. The zero-order chi connectivity index (χ0) is 15.6. The molecule has 1 aromatic heterocycles. The Morgan fingerprint density at radius 3 is 2.38 bits per heavy atom. The van der Waals surface area contributed by atoms with Gasteiger partial charge < -0.3 is 9.67 Å². The van der Waals surface area contributed by atoms with E-state index in [4.69, 9.17) is 5.11 Å². The Morgan fingerprint density at radius 1 is 1.19 bits per heavy atom. The predicted molar refractivity (Wildman–Crippen MR) is 76.5 cm³/mol. The molecule has 0 aliphatic heterocycles. The first-order valence-electron chi connectivity index (χ1n) is 6.26. The summed E-state index contributed by atoms with van der Waals surface area (Å²) in [6, 6.07) is 6.90. The van der Waals surface area contributed by atoms with Crippen molar-refractivity contribution >= 4 is 17.8 Å². The molecule has 2 aromatic rings. The molecule has 0 bridgehead atoms. The summed E-state index contributed by atoms with van der Waals surface area (Å²) < 4.78 is 14.5. The summed E-state index contributed by atoms with van der Waals surface area (Å²) in [5.41, 5.74) is 1.60. The third-order valence-corrected chi connectivity index (χ3v) is 3.11. The van der Waals surface area contributed by atoms with E-state index in [-0.39, 0.29) is 11.4 Å². The highest BCUT2D eigenvalue weighted by molar-refractivity contribution is 6.09. The van der Waals surface area contributed by atoms with Crippen LogP contribution in [0.3, 0.4) is 0 Å². The maximum absolute atomic E-state index is 12.9. The number of aryl methyl sites for hydroxylation is 1. The van der Waals surface area contributed by atoms with Crippen molar-refractivity contribution in [3.63, 3.8) is 0 Å². The third kappa shape index (κ3) is 3.25. The number of carbonyl (C=O) groups excluding carboxylic acids is 1. The first kappa shape index (κ1) is 14.7. The van der Waals surface area contributed by atoms with Gasteiger partial charge in [-0.1, -0.05) is 0 Å². The van der Waals surface area contributed by atoms with Crippen molar-refractivity contribution in [2.24, 2.45) is 7.05 Å². The van der Waals surface area contributed by atoms with E-state index in [1.165, 1.54) is 37.3 Å². The summed E-state index contributed by atoms with van der Waals surface area (Å²) in [7, 11) is 1.72. The maximum Gasteiger partial charge on any atom is 0.331 e. The average Bonchev–Trinajstić information content (AvgIpc) is 2.80. The van der Waals surface area contributed by atoms with Gasteiger partial charge in [0.25, 0.3) is 0 Å². The molecule has 2 rings (SSSR count). The van der Waals surface area contributed by atoms with Crippen LogP contribution in [0.25, 0.3) is 6.08 Å². The van der Waals surface area contributed by atoms with Gasteiger partial charge in [-0.15, -0.1) is 0 Å². The van der Waals surface area contributed by atoms with Crippen molar-refractivity contribution in [1.82, 2.24) is 4.57 Å². The summed E-state index contributed by atoms with van der Waals surface area (Å²) >= 11 is 0. The number of halogens is 1. The number of carboxylic acids is 1. The minimum atomic E-state index is -1.01. The fourth-order valence-electron chi connectivity index (χ4n) is 1.90. The van der Waals surface area contributed by atoms with Crippen LogP contribution in [0.1, 0.15) is 28.5 Å². The first-order chi connectivity index (χ1) is 9.88. The van der Waals surface area contributed by atoms with Crippen LogP contribution in [0, 0.1) is 5.82 Å². The second-order valence-corrected chi connectivity index (χ2v) is 4.73. The van der Waals surface area contributed by atoms with Crippen LogP contribution in [-0.2, 0) is 11.8 Å². The van der Waals surface area contributed by atoms with Crippen LogP contribution in [0.2, 0.25) is 0 Å². The highest BCUT2D eigenvalue weighted by Gasteiger charge is 2.13. The van der Waals surface area contributed by atoms with E-state index in [0.717, 1.165) is 0 Å². The molecule has 0 amide bonds. The summed E-state index contributed by atoms with van der Waals surface area (Å²) in [6.45, 7) is 1.48. The number of aromatic nitrogens is 1. The molecule has 0 aliphatic rings. The molecule has 0 spiro atoms. The molecule has 21 heavy (non-hydrogen) atoms. The van der Waals surface area contributed by atoms with Crippen molar-refractivity contribution in [3.05, 3.63) is 64.7 Å². The van der Waals surface area contributed by atoms with E-state index < -0.39 is 11.8 Å². The fraction of sp³-hybridized carbons (Fsp3) is 0.125. The van der Waals surface area contributed by atoms with Crippen LogP contribution in [0.5, 0.6) is 0 Å². The molecule has 0 saturated carbocycles. The lowest BCUT2D eigenvalue weighted by molar-refractivity contribution is -0.132.